The fourth-order valence-corrected chi connectivity index (χ4v) is 2.73. The van der Waals surface area contributed by atoms with Crippen LogP contribution >= 0.6 is 11.6 Å². The molecule has 0 unspecified atom stereocenters. The van der Waals surface area contributed by atoms with E-state index in [2.05, 4.69) is 20.4 Å². The highest BCUT2D eigenvalue weighted by Crippen LogP contribution is 2.30. The van der Waals surface area contributed by atoms with E-state index in [1.54, 1.807) is 12.1 Å². The van der Waals surface area contributed by atoms with Crippen molar-refractivity contribution in [2.24, 2.45) is 0 Å². The number of hydrogen-bond donors (Lipinski definition) is 1. The van der Waals surface area contributed by atoms with E-state index in [-0.39, 0.29) is 12.5 Å². The van der Waals surface area contributed by atoms with Crippen molar-refractivity contribution in [3.63, 3.8) is 0 Å². The molecule has 0 bridgehead atoms. The van der Waals surface area contributed by atoms with Crippen molar-refractivity contribution in [2.45, 2.75) is 44.6 Å². The molecule has 3 rings (SSSR count). The quantitative estimate of drug-likeness (QED) is 0.936. The van der Waals surface area contributed by atoms with Gasteiger partial charge in [0.2, 0.25) is 5.89 Å². The highest BCUT2D eigenvalue weighted by molar-refractivity contribution is 6.30. The van der Waals surface area contributed by atoms with Crippen LogP contribution in [0.4, 0.5) is 0 Å². The predicted octanol–water partition coefficient (Wildman–Crippen LogP) is 3.10. The Balaban J connectivity index is 1.56. The molecule has 7 heteroatoms. The van der Waals surface area contributed by atoms with E-state index in [1.165, 1.54) is 25.5 Å². The SMILES string of the molecule is O=C(NCc1nc(C2CCCCC2)no1)c1ccc(Cl)cn1. The van der Waals surface area contributed by atoms with Gasteiger partial charge in [0.05, 0.1) is 11.6 Å². The van der Waals surface area contributed by atoms with Crippen LogP contribution in [0.2, 0.25) is 5.02 Å². The van der Waals surface area contributed by atoms with Gasteiger partial charge in [-0.25, -0.2) is 4.98 Å². The third-order valence-corrected chi connectivity index (χ3v) is 4.04. The van der Waals surface area contributed by atoms with E-state index >= 15 is 0 Å². The summed E-state index contributed by atoms with van der Waals surface area (Å²) in [7, 11) is 0. The van der Waals surface area contributed by atoms with Gasteiger partial charge in [-0.3, -0.25) is 4.79 Å². The first-order chi connectivity index (χ1) is 10.7. The van der Waals surface area contributed by atoms with Crippen LogP contribution in [0, 0.1) is 0 Å². The molecule has 1 aliphatic carbocycles. The summed E-state index contributed by atoms with van der Waals surface area (Å²) in [4.78, 5) is 20.3. The molecule has 1 aliphatic rings. The van der Waals surface area contributed by atoms with E-state index in [4.69, 9.17) is 16.1 Å². The van der Waals surface area contributed by atoms with Crippen molar-refractivity contribution in [1.82, 2.24) is 20.4 Å². The van der Waals surface area contributed by atoms with E-state index < -0.39 is 0 Å². The summed E-state index contributed by atoms with van der Waals surface area (Å²) in [6, 6.07) is 3.19. The molecule has 1 amide bonds. The molecule has 1 N–H and O–H groups in total. The average Bonchev–Trinajstić information content (AvgIpc) is 3.03. The molecule has 6 nitrogen and oxygen atoms in total. The molecule has 0 saturated heterocycles. The van der Waals surface area contributed by atoms with Crippen molar-refractivity contribution in [1.29, 1.82) is 0 Å². The van der Waals surface area contributed by atoms with Gasteiger partial charge in [-0.15, -0.1) is 0 Å². The number of nitrogens with zero attached hydrogens (tertiary/aromatic N) is 3. The second kappa shape index (κ2) is 6.87. The lowest BCUT2D eigenvalue weighted by atomic mass is 9.89. The maximum Gasteiger partial charge on any atom is 0.270 e. The largest absolute Gasteiger partial charge is 0.342 e. The summed E-state index contributed by atoms with van der Waals surface area (Å²) < 4.78 is 5.21. The lowest BCUT2D eigenvalue weighted by Crippen LogP contribution is -2.23. The minimum Gasteiger partial charge on any atom is -0.342 e. The van der Waals surface area contributed by atoms with Gasteiger partial charge in [0.15, 0.2) is 5.82 Å². The molecular weight excluding hydrogens is 304 g/mol. The Kier molecular flexibility index (Phi) is 4.68. The number of hydrogen-bond acceptors (Lipinski definition) is 5. The summed E-state index contributed by atoms with van der Waals surface area (Å²) in [6.07, 6.45) is 7.37. The second-order valence-electron chi connectivity index (χ2n) is 5.43. The fourth-order valence-electron chi connectivity index (χ4n) is 2.62. The van der Waals surface area contributed by atoms with E-state index in [0.29, 0.717) is 22.5 Å². The topological polar surface area (TPSA) is 80.9 Å². The van der Waals surface area contributed by atoms with Crippen molar-refractivity contribution in [3.05, 3.63) is 40.8 Å². The minimum atomic E-state index is -0.297. The first-order valence-electron chi connectivity index (χ1n) is 7.44. The smallest absolute Gasteiger partial charge is 0.270 e. The predicted molar refractivity (Wildman–Crippen MR) is 80.5 cm³/mol. The molecule has 2 aromatic rings. The molecule has 1 saturated carbocycles. The third-order valence-electron chi connectivity index (χ3n) is 3.81. The second-order valence-corrected chi connectivity index (χ2v) is 5.86. The van der Waals surface area contributed by atoms with Crippen LogP contribution in [0.25, 0.3) is 0 Å². The van der Waals surface area contributed by atoms with Gasteiger partial charge < -0.3 is 9.84 Å². The summed E-state index contributed by atoms with van der Waals surface area (Å²) in [5.41, 5.74) is 0.302. The monoisotopic (exact) mass is 320 g/mol. The van der Waals surface area contributed by atoms with Gasteiger partial charge in [0.25, 0.3) is 5.91 Å². The van der Waals surface area contributed by atoms with Crippen LogP contribution in [0.3, 0.4) is 0 Å². The summed E-state index contributed by atoms with van der Waals surface area (Å²) in [5.74, 6) is 1.27. The highest BCUT2D eigenvalue weighted by atomic mass is 35.5. The number of halogens is 1. The van der Waals surface area contributed by atoms with Crippen LogP contribution < -0.4 is 5.32 Å². The van der Waals surface area contributed by atoms with Gasteiger partial charge >= 0.3 is 0 Å². The van der Waals surface area contributed by atoms with Crippen LogP contribution in [0.15, 0.2) is 22.9 Å². The highest BCUT2D eigenvalue weighted by Gasteiger charge is 2.21. The maximum absolute atomic E-state index is 11.9. The third kappa shape index (κ3) is 3.62. The first kappa shape index (κ1) is 15.0. The lowest BCUT2D eigenvalue weighted by Gasteiger charge is -2.17. The number of carbonyl (C=O) groups excluding carboxylic acids is 1. The Morgan fingerprint density at radius 1 is 1.32 bits per heavy atom. The summed E-state index contributed by atoms with van der Waals surface area (Å²) >= 11 is 5.74. The standard InChI is InChI=1S/C15H17ClN4O2/c16-11-6-7-12(17-8-11)15(21)18-9-13-19-14(20-22-13)10-4-2-1-3-5-10/h6-8,10H,1-5,9H2,(H,18,21). The molecule has 0 radical (unpaired) electrons. The molecule has 0 atom stereocenters. The van der Waals surface area contributed by atoms with Crippen LogP contribution in [-0.2, 0) is 6.54 Å². The number of pyridine rings is 1. The molecule has 0 aliphatic heterocycles. The molecule has 2 aromatic heterocycles. The van der Waals surface area contributed by atoms with Crippen molar-refractivity contribution >= 4 is 17.5 Å². The molecule has 116 valence electrons. The fraction of sp³-hybridized carbons (Fsp3) is 0.467. The maximum atomic E-state index is 11.9. The van der Waals surface area contributed by atoms with Crippen LogP contribution in [0.1, 0.15) is 60.2 Å². The van der Waals surface area contributed by atoms with Gasteiger partial charge in [0.1, 0.15) is 5.69 Å². The number of carbonyl (C=O) groups is 1. The van der Waals surface area contributed by atoms with Gasteiger partial charge in [-0.05, 0) is 25.0 Å². The lowest BCUT2D eigenvalue weighted by molar-refractivity contribution is 0.0941. The summed E-state index contributed by atoms with van der Waals surface area (Å²) in [5, 5.41) is 7.23. The zero-order valence-electron chi connectivity index (χ0n) is 12.1. The Bertz CT molecular complexity index is 635. The number of nitrogens with one attached hydrogen (secondary N) is 1. The number of amides is 1. The molecule has 0 spiro atoms. The van der Waals surface area contributed by atoms with Gasteiger partial charge in [-0.1, -0.05) is 36.0 Å². The molecular formula is C15H17ClN4O2. The Hall–Kier alpha value is -1.95. The summed E-state index contributed by atoms with van der Waals surface area (Å²) in [6.45, 7) is 0.197. The number of rotatable bonds is 4. The molecule has 22 heavy (non-hydrogen) atoms. The zero-order valence-corrected chi connectivity index (χ0v) is 12.8. The molecule has 0 aromatic carbocycles. The van der Waals surface area contributed by atoms with Crippen molar-refractivity contribution in [2.75, 3.05) is 0 Å². The number of aromatic nitrogens is 3. The Morgan fingerprint density at radius 2 is 2.14 bits per heavy atom. The van der Waals surface area contributed by atoms with Crippen molar-refractivity contribution < 1.29 is 9.32 Å². The average molecular weight is 321 g/mol. The zero-order chi connectivity index (χ0) is 15.4. The minimum absolute atomic E-state index is 0.197. The van der Waals surface area contributed by atoms with Crippen molar-refractivity contribution in [3.8, 4) is 0 Å². The van der Waals surface area contributed by atoms with Gasteiger partial charge in [-0.2, -0.15) is 4.98 Å². The first-order valence-corrected chi connectivity index (χ1v) is 7.82. The van der Waals surface area contributed by atoms with Crippen LogP contribution in [-0.4, -0.2) is 21.0 Å². The van der Waals surface area contributed by atoms with E-state index in [1.807, 2.05) is 0 Å². The molecule has 1 fully saturated rings. The van der Waals surface area contributed by atoms with Gasteiger partial charge in [0, 0.05) is 12.1 Å². The molecule has 2 heterocycles. The normalized spacial score (nSPS) is 15.7. The van der Waals surface area contributed by atoms with E-state index in [9.17, 15) is 4.79 Å². The van der Waals surface area contributed by atoms with Crippen LogP contribution in [0.5, 0.6) is 0 Å². The Labute approximate surface area is 133 Å². The van der Waals surface area contributed by atoms with E-state index in [0.717, 1.165) is 18.7 Å². The Morgan fingerprint density at radius 3 is 2.86 bits per heavy atom.